The van der Waals surface area contributed by atoms with E-state index in [0.29, 0.717) is 0 Å². The van der Waals surface area contributed by atoms with Gasteiger partial charge in [-0.3, -0.25) is 4.79 Å². The topological polar surface area (TPSA) is 77.0 Å². The molecule has 0 aromatic carbocycles. The van der Waals surface area contributed by atoms with E-state index in [0.717, 1.165) is 12.8 Å². The minimum absolute atomic E-state index is 0.0864. The number of nitrogens with one attached hydrogen (secondary N) is 1. The van der Waals surface area contributed by atoms with E-state index >= 15 is 0 Å². The first kappa shape index (κ1) is 13.3. The van der Waals surface area contributed by atoms with Crippen LogP contribution in [0, 0.1) is 0 Å². The van der Waals surface area contributed by atoms with Gasteiger partial charge in [-0.2, -0.15) is 0 Å². The molecule has 1 amide bonds. The maximum Gasteiger partial charge on any atom is 0.217 e. The van der Waals surface area contributed by atoms with Crippen molar-refractivity contribution in [2.24, 2.45) is 0 Å². The molecular weight excluding hydrogens is 250 g/mol. The van der Waals surface area contributed by atoms with Crippen molar-refractivity contribution in [2.45, 2.75) is 69.4 Å². The third-order valence-electron chi connectivity index (χ3n) is 4.28. The lowest BCUT2D eigenvalue weighted by Gasteiger charge is -2.43. The summed E-state index contributed by atoms with van der Waals surface area (Å²) in [6.45, 7) is 5.08. The Bertz CT molecular complexity index is 398. The van der Waals surface area contributed by atoms with Gasteiger partial charge in [-0.1, -0.05) is 0 Å². The van der Waals surface area contributed by atoms with E-state index in [1.165, 1.54) is 6.92 Å². The normalized spacial score (nSPS) is 46.9. The number of fused-ring (bicyclic) bond motifs is 4. The highest BCUT2D eigenvalue weighted by atomic mass is 16.8. The van der Waals surface area contributed by atoms with Gasteiger partial charge in [-0.25, -0.2) is 0 Å². The van der Waals surface area contributed by atoms with Crippen LogP contribution in [-0.2, 0) is 19.0 Å². The van der Waals surface area contributed by atoms with Crippen LogP contribution in [0.15, 0.2) is 0 Å². The standard InChI is InChI=1S/C13H21NO5/c1-7(16)14-9-8-4-5-13(6-15,17-8)11-10(9)18-12(2,3)19-11/h8-11,15H,4-6H2,1-3H3,(H,14,16)/t8?,9-,10+,11+,13+/m0/s1. The lowest BCUT2D eigenvalue weighted by atomic mass is 9.88. The van der Waals surface area contributed by atoms with Gasteiger partial charge in [0.05, 0.1) is 18.8 Å². The molecule has 3 saturated heterocycles. The monoisotopic (exact) mass is 271 g/mol. The Kier molecular flexibility index (Phi) is 2.91. The Labute approximate surface area is 112 Å². The molecule has 3 fully saturated rings. The Morgan fingerprint density at radius 3 is 2.74 bits per heavy atom. The van der Waals surface area contributed by atoms with Gasteiger partial charge < -0.3 is 24.6 Å². The second kappa shape index (κ2) is 4.15. The quantitative estimate of drug-likeness (QED) is 0.735. The number of carbonyl (C=O) groups is 1. The fourth-order valence-electron chi connectivity index (χ4n) is 3.55. The van der Waals surface area contributed by atoms with Crippen LogP contribution in [0.1, 0.15) is 33.6 Å². The Morgan fingerprint density at radius 1 is 1.37 bits per heavy atom. The molecule has 1 unspecified atom stereocenters. The van der Waals surface area contributed by atoms with Crippen LogP contribution in [-0.4, -0.2) is 53.4 Å². The molecule has 0 spiro atoms. The van der Waals surface area contributed by atoms with E-state index in [4.69, 9.17) is 14.2 Å². The third kappa shape index (κ3) is 1.98. The minimum atomic E-state index is -0.720. The lowest BCUT2D eigenvalue weighted by molar-refractivity contribution is -0.198. The highest BCUT2D eigenvalue weighted by molar-refractivity contribution is 5.73. The zero-order chi connectivity index (χ0) is 13.8. The fraction of sp³-hybridized carbons (Fsp3) is 0.923. The maximum atomic E-state index is 11.4. The van der Waals surface area contributed by atoms with Crippen LogP contribution >= 0.6 is 0 Å². The van der Waals surface area contributed by atoms with Crippen molar-refractivity contribution in [2.75, 3.05) is 6.61 Å². The molecule has 3 rings (SSSR count). The Hall–Kier alpha value is -0.690. The number of amides is 1. The predicted octanol–water partition coefficient (Wildman–Crippen LogP) is -0.0651. The number of aliphatic hydroxyl groups excluding tert-OH is 1. The van der Waals surface area contributed by atoms with Crippen LogP contribution < -0.4 is 5.32 Å². The van der Waals surface area contributed by atoms with Gasteiger partial charge in [0, 0.05) is 6.92 Å². The van der Waals surface area contributed by atoms with Crippen molar-refractivity contribution < 1.29 is 24.1 Å². The summed E-state index contributed by atoms with van der Waals surface area (Å²) in [5.41, 5.74) is -0.682. The summed E-state index contributed by atoms with van der Waals surface area (Å²) >= 11 is 0. The number of ether oxygens (including phenoxy) is 3. The smallest absolute Gasteiger partial charge is 0.217 e. The molecular formula is C13H21NO5. The highest BCUT2D eigenvalue weighted by Crippen LogP contribution is 2.49. The first-order chi connectivity index (χ1) is 8.87. The molecule has 0 aromatic heterocycles. The number of rotatable bonds is 2. The summed E-state index contributed by atoms with van der Waals surface area (Å²) in [6.07, 6.45) is 0.793. The van der Waals surface area contributed by atoms with E-state index in [-0.39, 0.29) is 36.9 Å². The maximum absolute atomic E-state index is 11.4. The van der Waals surface area contributed by atoms with Crippen LogP contribution in [0.4, 0.5) is 0 Å². The van der Waals surface area contributed by atoms with E-state index < -0.39 is 11.4 Å². The van der Waals surface area contributed by atoms with Crippen molar-refractivity contribution >= 4 is 5.91 Å². The van der Waals surface area contributed by atoms with Crippen molar-refractivity contribution in [1.29, 1.82) is 0 Å². The summed E-state index contributed by atoms with van der Waals surface area (Å²) < 4.78 is 17.9. The van der Waals surface area contributed by atoms with Crippen LogP contribution in [0.3, 0.4) is 0 Å². The zero-order valence-electron chi connectivity index (χ0n) is 11.5. The molecule has 0 saturated carbocycles. The van der Waals surface area contributed by atoms with Gasteiger partial charge in [0.15, 0.2) is 5.79 Å². The number of carbonyl (C=O) groups excluding carboxylic acids is 1. The largest absolute Gasteiger partial charge is 0.393 e. The zero-order valence-corrected chi connectivity index (χ0v) is 11.5. The molecule has 0 aromatic rings. The molecule has 108 valence electrons. The molecule has 6 nitrogen and oxygen atoms in total. The third-order valence-corrected chi connectivity index (χ3v) is 4.28. The number of aliphatic hydroxyl groups is 1. The van der Waals surface area contributed by atoms with Gasteiger partial charge in [0.2, 0.25) is 5.91 Å². The van der Waals surface area contributed by atoms with Gasteiger partial charge in [0.25, 0.3) is 0 Å². The van der Waals surface area contributed by atoms with Crippen LogP contribution in [0.5, 0.6) is 0 Å². The molecule has 3 heterocycles. The van der Waals surface area contributed by atoms with Gasteiger partial charge >= 0.3 is 0 Å². The second-order valence-electron chi connectivity index (χ2n) is 6.16. The molecule has 19 heavy (non-hydrogen) atoms. The molecule has 2 N–H and O–H groups in total. The van der Waals surface area contributed by atoms with Gasteiger partial charge in [-0.05, 0) is 26.7 Å². The Balaban J connectivity index is 1.92. The molecule has 6 heteroatoms. The van der Waals surface area contributed by atoms with Crippen molar-refractivity contribution in [3.8, 4) is 0 Å². The SMILES string of the molecule is CC(=O)N[C@H]1C2CC[C@](CO)(O2)[C@@H]2OC(C)(C)O[C@@H]21. The highest BCUT2D eigenvalue weighted by Gasteiger charge is 2.64. The summed E-state index contributed by atoms with van der Waals surface area (Å²) in [5.74, 6) is -0.828. The molecule has 3 aliphatic heterocycles. The first-order valence-electron chi connectivity index (χ1n) is 6.78. The molecule has 2 bridgehead atoms. The predicted molar refractivity (Wildman–Crippen MR) is 65.4 cm³/mol. The van der Waals surface area contributed by atoms with Gasteiger partial charge in [-0.15, -0.1) is 0 Å². The minimum Gasteiger partial charge on any atom is -0.393 e. The van der Waals surface area contributed by atoms with Crippen LogP contribution in [0.2, 0.25) is 0 Å². The van der Waals surface area contributed by atoms with Gasteiger partial charge in [0.1, 0.15) is 17.8 Å². The molecule has 3 aliphatic rings. The first-order valence-corrected chi connectivity index (χ1v) is 6.78. The fourth-order valence-corrected chi connectivity index (χ4v) is 3.55. The van der Waals surface area contributed by atoms with Crippen molar-refractivity contribution in [1.82, 2.24) is 5.32 Å². The number of hydrogen-bond donors (Lipinski definition) is 2. The summed E-state index contributed by atoms with van der Waals surface area (Å²) in [7, 11) is 0. The average Bonchev–Trinajstić information content (AvgIpc) is 2.85. The van der Waals surface area contributed by atoms with Crippen molar-refractivity contribution in [3.05, 3.63) is 0 Å². The Morgan fingerprint density at radius 2 is 2.11 bits per heavy atom. The molecule has 0 radical (unpaired) electrons. The van der Waals surface area contributed by atoms with E-state index in [2.05, 4.69) is 5.32 Å². The van der Waals surface area contributed by atoms with Crippen molar-refractivity contribution in [3.63, 3.8) is 0 Å². The lowest BCUT2D eigenvalue weighted by Crippen LogP contribution is -2.64. The molecule has 0 aliphatic carbocycles. The van der Waals surface area contributed by atoms with E-state index in [1.54, 1.807) is 0 Å². The second-order valence-corrected chi connectivity index (χ2v) is 6.16. The van der Waals surface area contributed by atoms with E-state index in [1.807, 2.05) is 13.8 Å². The summed E-state index contributed by atoms with van der Waals surface area (Å²) in [6, 6.07) is -0.216. The van der Waals surface area contributed by atoms with Crippen LogP contribution in [0.25, 0.3) is 0 Å². The summed E-state index contributed by atoms with van der Waals surface area (Å²) in [4.78, 5) is 11.4. The number of hydrogen-bond acceptors (Lipinski definition) is 5. The van der Waals surface area contributed by atoms with E-state index in [9.17, 15) is 9.90 Å². The average molecular weight is 271 g/mol. The summed E-state index contributed by atoms with van der Waals surface area (Å²) in [5, 5.41) is 12.6. The molecule has 5 atom stereocenters.